The summed E-state index contributed by atoms with van der Waals surface area (Å²) in [5.74, 6) is 2.03. The number of hydrogen-bond acceptors (Lipinski definition) is 4. The quantitative estimate of drug-likeness (QED) is 0.784. The number of carbonyl (C=O) groups excluding carboxylic acids is 1. The first-order valence-corrected chi connectivity index (χ1v) is 8.83. The highest BCUT2D eigenvalue weighted by Crippen LogP contribution is 2.14. The molecule has 2 amide bonds. The minimum atomic E-state index is -0.0188. The van der Waals surface area contributed by atoms with Gasteiger partial charge in [-0.2, -0.15) is 11.8 Å². The Morgan fingerprint density at radius 3 is 2.82 bits per heavy atom. The Morgan fingerprint density at radius 1 is 1.27 bits per heavy atom. The average Bonchev–Trinajstić information content (AvgIpc) is 2.56. The van der Waals surface area contributed by atoms with Crippen LogP contribution in [0.25, 0.3) is 0 Å². The third-order valence-electron chi connectivity index (χ3n) is 3.32. The van der Waals surface area contributed by atoms with E-state index in [1.807, 2.05) is 47.9 Å². The zero-order valence-corrected chi connectivity index (χ0v) is 13.9. The van der Waals surface area contributed by atoms with E-state index in [2.05, 4.69) is 5.32 Å². The lowest BCUT2D eigenvalue weighted by molar-refractivity contribution is 0.0453. The van der Waals surface area contributed by atoms with Crippen LogP contribution in [0.5, 0.6) is 0 Å². The molecule has 2 rings (SSSR count). The molecule has 0 aromatic heterocycles. The Morgan fingerprint density at radius 2 is 2.05 bits per heavy atom. The van der Waals surface area contributed by atoms with E-state index in [1.165, 1.54) is 0 Å². The maximum atomic E-state index is 12.2. The van der Waals surface area contributed by atoms with E-state index in [0.29, 0.717) is 26.4 Å². The third kappa shape index (κ3) is 5.87. The highest BCUT2D eigenvalue weighted by atomic mass is 32.2. The van der Waals surface area contributed by atoms with E-state index in [0.717, 1.165) is 35.8 Å². The molecule has 1 aromatic rings. The zero-order valence-electron chi connectivity index (χ0n) is 13.0. The molecule has 0 radical (unpaired) electrons. The number of urea groups is 1. The average molecular weight is 324 g/mol. The number of anilines is 1. The number of nitrogens with zero attached hydrogens (tertiary/aromatic N) is 1. The molecule has 1 fully saturated rings. The minimum absolute atomic E-state index is 0.0188. The van der Waals surface area contributed by atoms with Gasteiger partial charge in [-0.1, -0.05) is 12.1 Å². The summed E-state index contributed by atoms with van der Waals surface area (Å²) < 4.78 is 10.8. The highest BCUT2D eigenvalue weighted by Gasteiger charge is 2.16. The molecular formula is C16H24N2O3S. The van der Waals surface area contributed by atoms with Crippen molar-refractivity contribution in [2.75, 3.05) is 49.7 Å². The van der Waals surface area contributed by atoms with Crippen LogP contribution in [0.2, 0.25) is 0 Å². The Kier molecular flexibility index (Phi) is 7.56. The molecule has 1 N–H and O–H groups in total. The van der Waals surface area contributed by atoms with Crippen LogP contribution in [0.4, 0.5) is 10.5 Å². The van der Waals surface area contributed by atoms with Crippen LogP contribution < -0.4 is 5.32 Å². The summed E-state index contributed by atoms with van der Waals surface area (Å²) in [6, 6.07) is 7.77. The van der Waals surface area contributed by atoms with Crippen LogP contribution in [0.1, 0.15) is 12.5 Å². The molecule has 0 bridgehead atoms. The Bertz CT molecular complexity index is 464. The number of hydrogen-bond donors (Lipinski definition) is 1. The molecule has 0 saturated carbocycles. The van der Waals surface area contributed by atoms with Gasteiger partial charge in [0, 0.05) is 36.9 Å². The molecule has 0 atom stereocenters. The van der Waals surface area contributed by atoms with Gasteiger partial charge in [0.2, 0.25) is 0 Å². The first kappa shape index (κ1) is 17.1. The van der Waals surface area contributed by atoms with Gasteiger partial charge in [-0.3, -0.25) is 0 Å². The fourth-order valence-electron chi connectivity index (χ4n) is 2.16. The fourth-order valence-corrected chi connectivity index (χ4v) is 3.06. The van der Waals surface area contributed by atoms with Crippen molar-refractivity contribution in [1.29, 1.82) is 0 Å². The summed E-state index contributed by atoms with van der Waals surface area (Å²) in [5, 5.41) is 2.96. The lowest BCUT2D eigenvalue weighted by atomic mass is 10.2. The monoisotopic (exact) mass is 324 g/mol. The van der Waals surface area contributed by atoms with Crippen LogP contribution in [0, 0.1) is 0 Å². The van der Waals surface area contributed by atoms with Crippen LogP contribution in [-0.4, -0.2) is 55.3 Å². The maximum Gasteiger partial charge on any atom is 0.321 e. The molecule has 0 unspecified atom stereocenters. The van der Waals surface area contributed by atoms with Crippen LogP contribution >= 0.6 is 11.8 Å². The molecule has 1 saturated heterocycles. The first-order valence-electron chi connectivity index (χ1n) is 7.67. The van der Waals surface area contributed by atoms with E-state index < -0.39 is 0 Å². The molecular weight excluding hydrogens is 300 g/mol. The molecule has 1 aliphatic rings. The van der Waals surface area contributed by atoms with E-state index in [-0.39, 0.29) is 6.03 Å². The van der Waals surface area contributed by atoms with Gasteiger partial charge in [0.1, 0.15) is 0 Å². The van der Waals surface area contributed by atoms with E-state index in [4.69, 9.17) is 9.47 Å². The van der Waals surface area contributed by atoms with Crippen molar-refractivity contribution in [2.24, 2.45) is 0 Å². The van der Waals surface area contributed by atoms with Gasteiger partial charge in [-0.05, 0) is 24.6 Å². The summed E-state index contributed by atoms with van der Waals surface area (Å²) in [5.41, 5.74) is 1.86. The van der Waals surface area contributed by atoms with E-state index >= 15 is 0 Å². The second-order valence-corrected chi connectivity index (χ2v) is 6.20. The lowest BCUT2D eigenvalue weighted by Gasteiger charge is -2.26. The maximum absolute atomic E-state index is 12.2. The first-order chi connectivity index (χ1) is 10.8. The smallest absolute Gasteiger partial charge is 0.321 e. The Balaban J connectivity index is 1.78. The van der Waals surface area contributed by atoms with Gasteiger partial charge in [-0.25, -0.2) is 4.79 Å². The summed E-state index contributed by atoms with van der Waals surface area (Å²) in [4.78, 5) is 14.0. The van der Waals surface area contributed by atoms with Gasteiger partial charge in [0.15, 0.2) is 0 Å². The second kappa shape index (κ2) is 9.71. The lowest BCUT2D eigenvalue weighted by Crippen LogP contribution is -2.40. The van der Waals surface area contributed by atoms with Crippen molar-refractivity contribution in [3.05, 3.63) is 29.8 Å². The number of nitrogens with one attached hydrogen (secondary N) is 1. The van der Waals surface area contributed by atoms with Gasteiger partial charge < -0.3 is 19.7 Å². The van der Waals surface area contributed by atoms with Crippen LogP contribution in [0.3, 0.4) is 0 Å². The number of thioether (sulfide) groups is 1. The van der Waals surface area contributed by atoms with Crippen molar-refractivity contribution in [2.45, 2.75) is 13.5 Å². The molecule has 6 heteroatoms. The van der Waals surface area contributed by atoms with Gasteiger partial charge >= 0.3 is 6.03 Å². The predicted molar refractivity (Wildman–Crippen MR) is 90.5 cm³/mol. The highest BCUT2D eigenvalue weighted by molar-refractivity contribution is 7.99. The summed E-state index contributed by atoms with van der Waals surface area (Å²) >= 11 is 1.89. The van der Waals surface area contributed by atoms with E-state index in [1.54, 1.807) is 0 Å². The number of carbonyl (C=O) groups is 1. The van der Waals surface area contributed by atoms with Gasteiger partial charge in [-0.15, -0.1) is 0 Å². The third-order valence-corrected chi connectivity index (χ3v) is 4.26. The molecule has 0 aliphatic carbocycles. The molecule has 122 valence electrons. The molecule has 22 heavy (non-hydrogen) atoms. The topological polar surface area (TPSA) is 50.8 Å². The van der Waals surface area contributed by atoms with Gasteiger partial charge in [0.05, 0.1) is 19.8 Å². The normalized spacial score (nSPS) is 14.9. The SMILES string of the molecule is CCOCCOCc1cccc(NC(=O)N2CCSCC2)c1. The summed E-state index contributed by atoms with van der Waals surface area (Å²) in [6.07, 6.45) is 0. The summed E-state index contributed by atoms with van der Waals surface area (Å²) in [6.45, 7) is 6.02. The number of amides is 2. The van der Waals surface area contributed by atoms with Crippen molar-refractivity contribution >= 4 is 23.5 Å². The zero-order chi connectivity index (χ0) is 15.6. The van der Waals surface area contributed by atoms with Gasteiger partial charge in [0.25, 0.3) is 0 Å². The Labute approximate surface area is 136 Å². The van der Waals surface area contributed by atoms with Crippen LogP contribution in [-0.2, 0) is 16.1 Å². The second-order valence-electron chi connectivity index (χ2n) is 4.98. The Hall–Kier alpha value is -1.24. The van der Waals surface area contributed by atoms with Crippen molar-refractivity contribution in [1.82, 2.24) is 4.90 Å². The minimum Gasteiger partial charge on any atom is -0.379 e. The molecule has 1 heterocycles. The van der Waals surface area contributed by atoms with Crippen LogP contribution in [0.15, 0.2) is 24.3 Å². The van der Waals surface area contributed by atoms with E-state index in [9.17, 15) is 4.79 Å². The van der Waals surface area contributed by atoms with Crippen molar-refractivity contribution in [3.63, 3.8) is 0 Å². The molecule has 0 spiro atoms. The number of ether oxygens (including phenoxy) is 2. The largest absolute Gasteiger partial charge is 0.379 e. The molecule has 1 aromatic carbocycles. The number of benzene rings is 1. The standard InChI is InChI=1S/C16H24N2O3S/c1-2-20-8-9-21-13-14-4-3-5-15(12-14)17-16(19)18-6-10-22-11-7-18/h3-5,12H,2,6-11,13H2,1H3,(H,17,19). The molecule has 1 aliphatic heterocycles. The van der Waals surface area contributed by atoms with Crippen molar-refractivity contribution in [3.8, 4) is 0 Å². The fraction of sp³-hybridized carbons (Fsp3) is 0.562. The predicted octanol–water partition coefficient (Wildman–Crippen LogP) is 2.82. The summed E-state index contributed by atoms with van der Waals surface area (Å²) in [7, 11) is 0. The number of rotatable bonds is 7. The molecule has 5 nitrogen and oxygen atoms in total. The van der Waals surface area contributed by atoms with Crippen molar-refractivity contribution < 1.29 is 14.3 Å².